The lowest BCUT2D eigenvalue weighted by atomic mass is 10.1. The first-order valence-electron chi connectivity index (χ1n) is 9.12. The highest BCUT2D eigenvalue weighted by atomic mass is 35.5. The van der Waals surface area contributed by atoms with Crippen molar-refractivity contribution in [3.63, 3.8) is 0 Å². The van der Waals surface area contributed by atoms with Gasteiger partial charge in [-0.05, 0) is 48.4 Å². The van der Waals surface area contributed by atoms with E-state index in [0.29, 0.717) is 29.5 Å². The number of hydrogen-bond acceptors (Lipinski definition) is 8. The number of nitrogens with one attached hydrogen (secondary N) is 1. The second kappa shape index (κ2) is 9.80. The molecule has 2 aromatic carbocycles. The van der Waals surface area contributed by atoms with Crippen molar-refractivity contribution < 1.29 is 27.2 Å². The molecule has 3 aromatic rings. The zero-order valence-corrected chi connectivity index (χ0v) is 18.4. The van der Waals surface area contributed by atoms with Crippen LogP contribution < -0.4 is 14.8 Å². The molecule has 0 saturated carbocycles. The third-order valence-corrected chi connectivity index (χ3v) is 6.18. The summed E-state index contributed by atoms with van der Waals surface area (Å²) < 4.78 is 40.2. The predicted molar refractivity (Wildman–Crippen MR) is 112 cm³/mol. The van der Waals surface area contributed by atoms with Crippen molar-refractivity contribution in [2.45, 2.75) is 17.1 Å². The average molecular weight is 466 g/mol. The van der Waals surface area contributed by atoms with E-state index in [2.05, 4.69) is 15.5 Å². The normalized spacial score (nSPS) is 11.2. The van der Waals surface area contributed by atoms with Crippen LogP contribution in [0.1, 0.15) is 22.1 Å². The number of ether oxygens (including phenoxy) is 2. The number of rotatable bonds is 9. The van der Waals surface area contributed by atoms with Gasteiger partial charge >= 0.3 is 11.8 Å². The Kier molecular flexibility index (Phi) is 7.13. The van der Waals surface area contributed by atoms with Crippen LogP contribution in [-0.2, 0) is 22.0 Å². The molecule has 11 heteroatoms. The minimum absolute atomic E-state index is 0.0719. The molecule has 1 aromatic heterocycles. The Morgan fingerprint density at radius 3 is 2.48 bits per heavy atom. The van der Waals surface area contributed by atoms with E-state index in [4.69, 9.17) is 25.6 Å². The van der Waals surface area contributed by atoms with Gasteiger partial charge in [0, 0.05) is 11.6 Å². The second-order valence-corrected chi connectivity index (χ2v) is 8.85. The third kappa shape index (κ3) is 5.74. The van der Waals surface area contributed by atoms with Crippen LogP contribution in [-0.4, -0.2) is 45.2 Å². The molecule has 3 rings (SSSR count). The van der Waals surface area contributed by atoms with Crippen LogP contribution in [0.5, 0.6) is 11.5 Å². The highest BCUT2D eigenvalue weighted by Gasteiger charge is 2.21. The maximum Gasteiger partial charge on any atom is 0.315 e. The summed E-state index contributed by atoms with van der Waals surface area (Å²) in [4.78, 5) is 16.2. The fourth-order valence-corrected chi connectivity index (χ4v) is 4.03. The first-order chi connectivity index (χ1) is 14.8. The molecule has 0 radical (unpaired) electrons. The molecule has 1 N–H and O–H groups in total. The molecule has 0 saturated heterocycles. The first kappa shape index (κ1) is 22.6. The number of aromatic nitrogens is 2. The third-order valence-electron chi connectivity index (χ3n) is 4.30. The van der Waals surface area contributed by atoms with Crippen molar-refractivity contribution in [1.29, 1.82) is 0 Å². The number of benzene rings is 2. The molecule has 0 bridgehead atoms. The van der Waals surface area contributed by atoms with Crippen LogP contribution in [0.25, 0.3) is 0 Å². The fourth-order valence-electron chi connectivity index (χ4n) is 2.73. The van der Waals surface area contributed by atoms with E-state index < -0.39 is 21.5 Å². The standard InChI is InChI=1S/C20H20ClN3O6S/c1-28-16-8-3-13(11-17(16)29-2)9-10-22-19(25)20-23-18(24-30-20)12-31(26,27)15-6-4-14(21)5-7-15/h3-8,11H,9-10,12H2,1-2H3,(H,22,25). The maximum atomic E-state index is 12.4. The largest absolute Gasteiger partial charge is 0.493 e. The van der Waals surface area contributed by atoms with E-state index in [1.54, 1.807) is 20.3 Å². The predicted octanol–water partition coefficient (Wildman–Crippen LogP) is 2.69. The Bertz CT molecular complexity index is 1160. The Morgan fingerprint density at radius 1 is 1.10 bits per heavy atom. The highest BCUT2D eigenvalue weighted by Crippen LogP contribution is 2.27. The quantitative estimate of drug-likeness (QED) is 0.512. The highest BCUT2D eigenvalue weighted by molar-refractivity contribution is 7.90. The number of halogens is 1. The van der Waals surface area contributed by atoms with Crippen molar-refractivity contribution >= 4 is 27.3 Å². The summed E-state index contributed by atoms with van der Waals surface area (Å²) in [6.07, 6.45) is 0.526. The van der Waals surface area contributed by atoms with Crippen LogP contribution in [0.2, 0.25) is 5.02 Å². The Labute approximate surface area is 184 Å². The molecule has 31 heavy (non-hydrogen) atoms. The first-order valence-corrected chi connectivity index (χ1v) is 11.2. The molecule has 0 aliphatic heterocycles. The van der Waals surface area contributed by atoms with Gasteiger partial charge in [0.15, 0.2) is 27.2 Å². The van der Waals surface area contributed by atoms with Crippen LogP contribution in [0, 0.1) is 0 Å². The maximum absolute atomic E-state index is 12.4. The van der Waals surface area contributed by atoms with Gasteiger partial charge in [-0.3, -0.25) is 4.79 Å². The summed E-state index contributed by atoms with van der Waals surface area (Å²) in [6.45, 7) is 0.301. The molecule has 0 aliphatic rings. The smallest absolute Gasteiger partial charge is 0.315 e. The van der Waals surface area contributed by atoms with E-state index in [1.807, 2.05) is 12.1 Å². The number of nitrogens with zero attached hydrogens (tertiary/aromatic N) is 2. The molecule has 1 heterocycles. The Morgan fingerprint density at radius 2 is 1.81 bits per heavy atom. The lowest BCUT2D eigenvalue weighted by Gasteiger charge is -2.09. The number of methoxy groups -OCH3 is 2. The molecular formula is C20H20ClN3O6S. The summed E-state index contributed by atoms with van der Waals surface area (Å²) in [5.74, 6) is -0.314. The zero-order valence-electron chi connectivity index (χ0n) is 16.8. The van der Waals surface area contributed by atoms with Gasteiger partial charge in [-0.25, -0.2) is 8.42 Å². The number of sulfone groups is 1. The fraction of sp³-hybridized carbons (Fsp3) is 0.250. The monoisotopic (exact) mass is 465 g/mol. The van der Waals surface area contributed by atoms with E-state index in [1.165, 1.54) is 24.3 Å². The summed E-state index contributed by atoms with van der Waals surface area (Å²) in [5.41, 5.74) is 0.929. The van der Waals surface area contributed by atoms with Gasteiger partial charge in [-0.2, -0.15) is 4.98 Å². The number of hydrogen-bond donors (Lipinski definition) is 1. The molecule has 0 atom stereocenters. The topological polar surface area (TPSA) is 121 Å². The molecule has 0 spiro atoms. The summed E-state index contributed by atoms with van der Waals surface area (Å²) in [5, 5.41) is 6.67. The number of carbonyl (C=O) groups is 1. The SMILES string of the molecule is COc1ccc(CCNC(=O)c2nc(CS(=O)(=O)c3ccc(Cl)cc3)no2)cc1OC. The number of carbonyl (C=O) groups excluding carboxylic acids is 1. The second-order valence-electron chi connectivity index (χ2n) is 6.42. The molecule has 0 unspecified atom stereocenters. The van der Waals surface area contributed by atoms with Gasteiger partial charge in [0.1, 0.15) is 5.75 Å². The molecular weight excluding hydrogens is 446 g/mol. The molecule has 9 nitrogen and oxygen atoms in total. The van der Waals surface area contributed by atoms with Gasteiger partial charge in [0.05, 0.1) is 19.1 Å². The van der Waals surface area contributed by atoms with Crippen molar-refractivity contribution in [2.24, 2.45) is 0 Å². The van der Waals surface area contributed by atoms with Crippen LogP contribution in [0.3, 0.4) is 0 Å². The number of amides is 1. The van der Waals surface area contributed by atoms with Crippen LogP contribution in [0.4, 0.5) is 0 Å². The van der Waals surface area contributed by atoms with E-state index in [0.717, 1.165) is 5.56 Å². The molecule has 1 amide bonds. The molecule has 0 fully saturated rings. The van der Waals surface area contributed by atoms with Crippen molar-refractivity contribution in [1.82, 2.24) is 15.5 Å². The minimum Gasteiger partial charge on any atom is -0.493 e. The zero-order chi connectivity index (χ0) is 22.4. The van der Waals surface area contributed by atoms with Crippen LogP contribution in [0.15, 0.2) is 51.9 Å². The van der Waals surface area contributed by atoms with Crippen molar-refractivity contribution in [2.75, 3.05) is 20.8 Å². The minimum atomic E-state index is -3.71. The van der Waals surface area contributed by atoms with Crippen LogP contribution >= 0.6 is 11.6 Å². The lowest BCUT2D eigenvalue weighted by Crippen LogP contribution is -2.26. The van der Waals surface area contributed by atoms with Gasteiger partial charge in [0.2, 0.25) is 0 Å². The van der Waals surface area contributed by atoms with Gasteiger partial charge < -0.3 is 19.3 Å². The van der Waals surface area contributed by atoms with Gasteiger partial charge in [0.25, 0.3) is 0 Å². The van der Waals surface area contributed by atoms with E-state index in [9.17, 15) is 13.2 Å². The summed E-state index contributed by atoms with van der Waals surface area (Å²) >= 11 is 5.78. The Hall–Kier alpha value is -3.11. The van der Waals surface area contributed by atoms with Gasteiger partial charge in [-0.1, -0.05) is 22.8 Å². The lowest BCUT2D eigenvalue weighted by molar-refractivity contribution is 0.0910. The van der Waals surface area contributed by atoms with Gasteiger partial charge in [-0.15, -0.1) is 0 Å². The van der Waals surface area contributed by atoms with E-state index >= 15 is 0 Å². The summed E-state index contributed by atoms with van der Waals surface area (Å²) in [6, 6.07) is 11.2. The van der Waals surface area contributed by atoms with Crippen molar-refractivity contribution in [3.8, 4) is 11.5 Å². The Balaban J connectivity index is 1.57. The average Bonchev–Trinajstić information content (AvgIpc) is 3.21. The van der Waals surface area contributed by atoms with Crippen molar-refractivity contribution in [3.05, 3.63) is 64.8 Å². The summed E-state index contributed by atoms with van der Waals surface area (Å²) in [7, 11) is -0.607. The molecule has 164 valence electrons. The van der Waals surface area contributed by atoms with E-state index in [-0.39, 0.29) is 16.6 Å². The molecule has 0 aliphatic carbocycles.